The van der Waals surface area contributed by atoms with Crippen molar-refractivity contribution in [1.29, 1.82) is 0 Å². The fraction of sp³-hybridized carbons (Fsp3) is 0.0714. The molecule has 2 rings (SSSR count). The topological polar surface area (TPSA) is 41.1 Å². The number of carbonyl (C=O) groups excluding carboxylic acids is 1. The number of carbonyl (C=O) groups is 1. The van der Waals surface area contributed by atoms with E-state index in [9.17, 15) is 4.79 Å². The van der Waals surface area contributed by atoms with Crippen molar-refractivity contribution in [2.24, 2.45) is 0 Å². The van der Waals surface area contributed by atoms with Gasteiger partial charge in [-0.3, -0.25) is 4.79 Å². The third kappa shape index (κ3) is 3.21. The molecule has 1 heterocycles. The fourth-order valence-electron chi connectivity index (χ4n) is 1.46. The summed E-state index contributed by atoms with van der Waals surface area (Å²) in [6.07, 6.45) is 1.80. The number of hydrogen-bond donors (Lipinski definition) is 2. The number of hydrogen-bond acceptors (Lipinski definition) is 3. The number of rotatable bonds is 5. The molecule has 0 unspecified atom stereocenters. The number of amides is 1. The predicted molar refractivity (Wildman–Crippen MR) is 77.4 cm³/mol. The maximum atomic E-state index is 11.8. The van der Waals surface area contributed by atoms with Gasteiger partial charge in [-0.15, -0.1) is 17.9 Å². The van der Waals surface area contributed by atoms with Crippen molar-refractivity contribution in [3.05, 3.63) is 59.3 Å². The summed E-state index contributed by atoms with van der Waals surface area (Å²) < 4.78 is 0. The maximum Gasteiger partial charge on any atom is 0.265 e. The van der Waals surface area contributed by atoms with E-state index in [0.29, 0.717) is 4.88 Å². The van der Waals surface area contributed by atoms with Gasteiger partial charge in [0.25, 0.3) is 5.91 Å². The molecule has 0 saturated heterocycles. The highest BCUT2D eigenvalue weighted by molar-refractivity contribution is 7.12. The molecule has 1 aromatic carbocycles. The van der Waals surface area contributed by atoms with E-state index in [1.165, 1.54) is 11.3 Å². The average Bonchev–Trinajstić information content (AvgIpc) is 2.92. The van der Waals surface area contributed by atoms with Gasteiger partial charge < -0.3 is 10.6 Å². The molecule has 0 aliphatic carbocycles. The summed E-state index contributed by atoms with van der Waals surface area (Å²) in [6.45, 7) is 4.37. The summed E-state index contributed by atoms with van der Waals surface area (Å²) in [5.41, 5.74) is 1.79. The van der Waals surface area contributed by atoms with Crippen molar-refractivity contribution >= 4 is 28.6 Å². The second-order valence-electron chi connectivity index (χ2n) is 3.68. The third-order valence-corrected chi connectivity index (χ3v) is 3.21. The van der Waals surface area contributed by atoms with Crippen molar-refractivity contribution in [2.75, 3.05) is 17.2 Å². The number of nitrogens with one attached hydrogen (secondary N) is 2. The van der Waals surface area contributed by atoms with Crippen molar-refractivity contribution in [3.63, 3.8) is 0 Å². The van der Waals surface area contributed by atoms with E-state index < -0.39 is 0 Å². The Morgan fingerprint density at radius 2 is 1.94 bits per heavy atom. The van der Waals surface area contributed by atoms with Gasteiger partial charge in [0.05, 0.1) is 4.88 Å². The molecule has 0 aliphatic rings. The van der Waals surface area contributed by atoms with Gasteiger partial charge in [-0.1, -0.05) is 12.1 Å². The minimum atomic E-state index is -0.0724. The monoisotopic (exact) mass is 258 g/mol. The van der Waals surface area contributed by atoms with E-state index in [-0.39, 0.29) is 5.91 Å². The van der Waals surface area contributed by atoms with Gasteiger partial charge in [0.1, 0.15) is 0 Å². The van der Waals surface area contributed by atoms with Crippen LogP contribution >= 0.6 is 11.3 Å². The lowest BCUT2D eigenvalue weighted by molar-refractivity contribution is 0.103. The molecule has 0 bridgehead atoms. The van der Waals surface area contributed by atoms with E-state index in [1.807, 2.05) is 35.7 Å². The molecule has 0 saturated carbocycles. The second-order valence-corrected chi connectivity index (χ2v) is 4.63. The number of thiophene rings is 1. The normalized spacial score (nSPS) is 9.78. The van der Waals surface area contributed by atoms with E-state index in [2.05, 4.69) is 17.2 Å². The summed E-state index contributed by atoms with van der Waals surface area (Å²) >= 11 is 1.43. The third-order valence-electron chi connectivity index (χ3n) is 2.34. The summed E-state index contributed by atoms with van der Waals surface area (Å²) in [4.78, 5) is 12.5. The Morgan fingerprint density at radius 1 is 1.22 bits per heavy atom. The van der Waals surface area contributed by atoms with Crippen LogP contribution in [0.15, 0.2) is 54.4 Å². The summed E-state index contributed by atoms with van der Waals surface area (Å²) in [7, 11) is 0. The minimum Gasteiger partial charge on any atom is -0.382 e. The molecule has 3 nitrogen and oxygen atoms in total. The van der Waals surface area contributed by atoms with E-state index in [4.69, 9.17) is 0 Å². The van der Waals surface area contributed by atoms with E-state index in [1.54, 1.807) is 12.1 Å². The van der Waals surface area contributed by atoms with Crippen molar-refractivity contribution in [2.45, 2.75) is 0 Å². The molecule has 0 aliphatic heterocycles. The molecule has 1 amide bonds. The zero-order chi connectivity index (χ0) is 12.8. The molecule has 0 spiro atoms. The predicted octanol–water partition coefficient (Wildman–Crippen LogP) is 3.60. The second kappa shape index (κ2) is 6.02. The summed E-state index contributed by atoms with van der Waals surface area (Å²) in [5, 5.41) is 7.91. The molecular formula is C14H14N2OS. The van der Waals surface area contributed by atoms with Crippen LogP contribution in [0.2, 0.25) is 0 Å². The smallest absolute Gasteiger partial charge is 0.265 e. The highest BCUT2D eigenvalue weighted by Gasteiger charge is 2.06. The van der Waals surface area contributed by atoms with Crippen LogP contribution in [0.25, 0.3) is 0 Å². The minimum absolute atomic E-state index is 0.0724. The Hall–Kier alpha value is -2.07. The average molecular weight is 258 g/mol. The lowest BCUT2D eigenvalue weighted by Crippen LogP contribution is -2.10. The highest BCUT2D eigenvalue weighted by Crippen LogP contribution is 2.16. The number of anilines is 2. The quantitative estimate of drug-likeness (QED) is 0.805. The van der Waals surface area contributed by atoms with Crippen LogP contribution in [-0.2, 0) is 0 Å². The zero-order valence-corrected chi connectivity index (χ0v) is 10.7. The lowest BCUT2D eigenvalue weighted by atomic mass is 10.2. The Labute approximate surface area is 110 Å². The Bertz CT molecular complexity index is 517. The van der Waals surface area contributed by atoms with Crippen LogP contribution in [0, 0.1) is 0 Å². The van der Waals surface area contributed by atoms with Crippen molar-refractivity contribution < 1.29 is 4.79 Å². The van der Waals surface area contributed by atoms with Gasteiger partial charge >= 0.3 is 0 Å². The van der Waals surface area contributed by atoms with Gasteiger partial charge in [-0.25, -0.2) is 0 Å². The van der Waals surface area contributed by atoms with Gasteiger partial charge in [0.15, 0.2) is 0 Å². The first-order chi connectivity index (χ1) is 8.79. The van der Waals surface area contributed by atoms with Gasteiger partial charge in [0, 0.05) is 17.9 Å². The summed E-state index contributed by atoms with van der Waals surface area (Å²) in [5.74, 6) is -0.0724. The molecule has 4 heteroatoms. The zero-order valence-electron chi connectivity index (χ0n) is 9.85. The van der Waals surface area contributed by atoms with Crippen molar-refractivity contribution in [1.82, 2.24) is 0 Å². The molecule has 2 aromatic rings. The number of benzene rings is 1. The molecule has 0 atom stereocenters. The Kier molecular flexibility index (Phi) is 4.15. The fourth-order valence-corrected chi connectivity index (χ4v) is 2.08. The molecule has 92 valence electrons. The van der Waals surface area contributed by atoms with Crippen LogP contribution in [0.4, 0.5) is 11.4 Å². The first-order valence-electron chi connectivity index (χ1n) is 5.59. The molecular weight excluding hydrogens is 244 g/mol. The van der Waals surface area contributed by atoms with Crippen LogP contribution in [0.1, 0.15) is 9.67 Å². The first-order valence-corrected chi connectivity index (χ1v) is 6.47. The van der Waals surface area contributed by atoms with Crippen LogP contribution in [0.5, 0.6) is 0 Å². The Balaban J connectivity index is 1.98. The highest BCUT2D eigenvalue weighted by atomic mass is 32.1. The standard InChI is InChI=1S/C14H14N2OS/c1-2-9-15-11-5-7-12(8-6-11)16-14(17)13-4-3-10-18-13/h2-8,10,15H,1,9H2,(H,16,17). The van der Waals surface area contributed by atoms with E-state index >= 15 is 0 Å². The Morgan fingerprint density at radius 3 is 2.56 bits per heavy atom. The van der Waals surface area contributed by atoms with Gasteiger partial charge in [0.2, 0.25) is 0 Å². The van der Waals surface area contributed by atoms with Gasteiger partial charge in [-0.2, -0.15) is 0 Å². The summed E-state index contributed by atoms with van der Waals surface area (Å²) in [6, 6.07) is 11.3. The lowest BCUT2D eigenvalue weighted by Gasteiger charge is -2.06. The van der Waals surface area contributed by atoms with Crippen LogP contribution in [-0.4, -0.2) is 12.5 Å². The van der Waals surface area contributed by atoms with Crippen LogP contribution < -0.4 is 10.6 Å². The maximum absolute atomic E-state index is 11.8. The van der Waals surface area contributed by atoms with Crippen LogP contribution in [0.3, 0.4) is 0 Å². The SMILES string of the molecule is C=CCNc1ccc(NC(=O)c2cccs2)cc1. The molecule has 0 radical (unpaired) electrons. The van der Waals surface area contributed by atoms with Gasteiger partial charge in [-0.05, 0) is 35.7 Å². The molecule has 18 heavy (non-hydrogen) atoms. The van der Waals surface area contributed by atoms with E-state index in [0.717, 1.165) is 17.9 Å². The van der Waals surface area contributed by atoms with Crippen molar-refractivity contribution in [3.8, 4) is 0 Å². The molecule has 0 fully saturated rings. The first kappa shape index (κ1) is 12.4. The molecule has 1 aromatic heterocycles. The molecule has 2 N–H and O–H groups in total. The largest absolute Gasteiger partial charge is 0.382 e.